The second kappa shape index (κ2) is 10.8. The molecule has 2 fully saturated rings. The number of fused-ring (bicyclic) bond motifs is 1. The van der Waals surface area contributed by atoms with Gasteiger partial charge in [0.15, 0.2) is 0 Å². The van der Waals surface area contributed by atoms with Crippen LogP contribution in [0.25, 0.3) is 17.0 Å². The fourth-order valence-electron chi connectivity index (χ4n) is 4.68. The lowest BCUT2D eigenvalue weighted by Gasteiger charge is -2.23. The van der Waals surface area contributed by atoms with Crippen molar-refractivity contribution in [3.8, 4) is 0 Å². The van der Waals surface area contributed by atoms with Crippen LogP contribution in [0.15, 0.2) is 29.3 Å². The summed E-state index contributed by atoms with van der Waals surface area (Å²) in [6, 6.07) is 6.48. The van der Waals surface area contributed by atoms with E-state index in [2.05, 4.69) is 24.4 Å². The van der Waals surface area contributed by atoms with Crippen LogP contribution in [0.3, 0.4) is 0 Å². The van der Waals surface area contributed by atoms with E-state index in [0.29, 0.717) is 22.4 Å². The summed E-state index contributed by atoms with van der Waals surface area (Å²) in [7, 11) is 1.61. The molecule has 6 nitrogen and oxygen atoms in total. The SMILES string of the molecule is CCc1cccc2c(/C=C3\SC(=S)N(CCOC)C3=O)cn(CC(=O)NC3CCCCC3)c12. The Balaban J connectivity index is 1.63. The van der Waals surface area contributed by atoms with E-state index in [0.717, 1.165) is 35.7 Å². The van der Waals surface area contributed by atoms with Crippen molar-refractivity contribution < 1.29 is 14.3 Å². The minimum atomic E-state index is -0.0929. The first kappa shape index (κ1) is 24.0. The molecule has 1 saturated carbocycles. The Labute approximate surface area is 204 Å². The first-order valence-electron chi connectivity index (χ1n) is 11.7. The summed E-state index contributed by atoms with van der Waals surface area (Å²) in [5.74, 6) is -0.0493. The van der Waals surface area contributed by atoms with Crippen molar-refractivity contribution in [1.82, 2.24) is 14.8 Å². The van der Waals surface area contributed by atoms with Crippen molar-refractivity contribution in [1.29, 1.82) is 0 Å². The largest absolute Gasteiger partial charge is 0.383 e. The van der Waals surface area contributed by atoms with Crippen molar-refractivity contribution in [2.75, 3.05) is 20.3 Å². The number of ether oxygens (including phenoxy) is 1. The lowest BCUT2D eigenvalue weighted by molar-refractivity contribution is -0.123. The maximum Gasteiger partial charge on any atom is 0.266 e. The van der Waals surface area contributed by atoms with Crippen LogP contribution in [0.5, 0.6) is 0 Å². The Kier molecular flexibility index (Phi) is 7.88. The minimum absolute atomic E-state index is 0.0437. The van der Waals surface area contributed by atoms with Gasteiger partial charge >= 0.3 is 0 Å². The van der Waals surface area contributed by atoms with Crippen LogP contribution in [0.1, 0.15) is 50.2 Å². The molecule has 1 aromatic heterocycles. The number of hydrogen-bond acceptors (Lipinski definition) is 5. The molecule has 2 heterocycles. The third-order valence-electron chi connectivity index (χ3n) is 6.36. The molecule has 2 amide bonds. The molecular formula is C25H31N3O3S2. The number of thioether (sulfide) groups is 1. The molecule has 0 spiro atoms. The summed E-state index contributed by atoms with van der Waals surface area (Å²) < 4.78 is 7.69. The van der Waals surface area contributed by atoms with Gasteiger partial charge in [-0.1, -0.05) is 68.4 Å². The van der Waals surface area contributed by atoms with Crippen molar-refractivity contribution >= 4 is 57.1 Å². The van der Waals surface area contributed by atoms with Crippen molar-refractivity contribution in [3.05, 3.63) is 40.4 Å². The Hall–Kier alpha value is -2.16. The van der Waals surface area contributed by atoms with Crippen LogP contribution in [0.4, 0.5) is 0 Å². The molecule has 33 heavy (non-hydrogen) atoms. The zero-order valence-electron chi connectivity index (χ0n) is 19.3. The van der Waals surface area contributed by atoms with Gasteiger partial charge in [0, 0.05) is 30.3 Å². The van der Waals surface area contributed by atoms with Gasteiger partial charge in [0.25, 0.3) is 5.91 Å². The molecule has 1 saturated heterocycles. The number of aryl methyl sites for hydroxylation is 1. The third-order valence-corrected chi connectivity index (χ3v) is 7.73. The Morgan fingerprint density at radius 3 is 2.82 bits per heavy atom. The lowest BCUT2D eigenvalue weighted by atomic mass is 9.95. The topological polar surface area (TPSA) is 63.6 Å². The Bertz CT molecular complexity index is 1090. The van der Waals surface area contributed by atoms with Gasteiger partial charge in [-0.05, 0) is 30.9 Å². The van der Waals surface area contributed by atoms with E-state index >= 15 is 0 Å². The number of hydrogen-bond donors (Lipinski definition) is 1. The van der Waals surface area contributed by atoms with Crippen LogP contribution < -0.4 is 5.32 Å². The number of carbonyl (C=O) groups excluding carboxylic acids is 2. The molecule has 1 aromatic carbocycles. The molecular weight excluding hydrogens is 454 g/mol. The molecule has 2 aromatic rings. The number of nitrogens with zero attached hydrogens (tertiary/aromatic N) is 2. The predicted octanol–water partition coefficient (Wildman–Crippen LogP) is 4.50. The van der Waals surface area contributed by atoms with Crippen molar-refractivity contribution in [2.45, 2.75) is 58.0 Å². The van der Waals surface area contributed by atoms with Crippen LogP contribution in [0.2, 0.25) is 0 Å². The smallest absolute Gasteiger partial charge is 0.266 e. The van der Waals surface area contributed by atoms with Gasteiger partial charge in [-0.15, -0.1) is 0 Å². The molecule has 176 valence electrons. The maximum absolute atomic E-state index is 12.9. The zero-order chi connectivity index (χ0) is 23.4. The minimum Gasteiger partial charge on any atom is -0.383 e. The van der Waals surface area contributed by atoms with E-state index in [9.17, 15) is 9.59 Å². The van der Waals surface area contributed by atoms with Crippen molar-refractivity contribution in [3.63, 3.8) is 0 Å². The van der Waals surface area contributed by atoms with Crippen LogP contribution in [-0.2, 0) is 27.3 Å². The Morgan fingerprint density at radius 1 is 1.30 bits per heavy atom. The molecule has 0 bridgehead atoms. The van der Waals surface area contributed by atoms with Gasteiger partial charge in [-0.3, -0.25) is 14.5 Å². The van der Waals surface area contributed by atoms with Gasteiger partial charge < -0.3 is 14.6 Å². The van der Waals surface area contributed by atoms with E-state index < -0.39 is 0 Å². The molecule has 1 N–H and O–H groups in total. The first-order chi connectivity index (χ1) is 16.0. The Morgan fingerprint density at radius 2 is 2.09 bits per heavy atom. The third kappa shape index (κ3) is 5.34. The number of thiocarbonyl (C=S) groups is 1. The van der Waals surface area contributed by atoms with E-state index in [-0.39, 0.29) is 24.4 Å². The lowest BCUT2D eigenvalue weighted by Crippen LogP contribution is -2.38. The van der Waals surface area contributed by atoms with Crippen molar-refractivity contribution in [2.24, 2.45) is 0 Å². The highest BCUT2D eigenvalue weighted by molar-refractivity contribution is 8.26. The zero-order valence-corrected chi connectivity index (χ0v) is 20.9. The number of benzene rings is 1. The number of carbonyl (C=O) groups is 2. The van der Waals surface area contributed by atoms with Crippen LogP contribution in [-0.4, -0.2) is 51.9 Å². The highest BCUT2D eigenvalue weighted by atomic mass is 32.2. The summed E-state index contributed by atoms with van der Waals surface area (Å²) >= 11 is 6.73. The number of amides is 2. The van der Waals surface area contributed by atoms with Gasteiger partial charge in [0.1, 0.15) is 10.9 Å². The average Bonchev–Trinajstić information content (AvgIpc) is 3.29. The summed E-state index contributed by atoms with van der Waals surface area (Å²) in [6.45, 7) is 3.28. The van der Waals surface area contributed by atoms with E-state index in [1.165, 1.54) is 36.6 Å². The molecule has 0 radical (unpaired) electrons. The van der Waals surface area contributed by atoms with E-state index in [1.807, 2.05) is 22.9 Å². The summed E-state index contributed by atoms with van der Waals surface area (Å²) in [5.41, 5.74) is 3.17. The second-order valence-corrected chi connectivity index (χ2v) is 10.3. The monoisotopic (exact) mass is 485 g/mol. The summed E-state index contributed by atoms with van der Waals surface area (Å²) in [6.07, 6.45) is 10.5. The summed E-state index contributed by atoms with van der Waals surface area (Å²) in [4.78, 5) is 28.0. The molecule has 0 unspecified atom stereocenters. The fraction of sp³-hybridized carbons (Fsp3) is 0.480. The predicted molar refractivity (Wildman–Crippen MR) is 138 cm³/mol. The number of nitrogens with one attached hydrogen (secondary N) is 1. The quantitative estimate of drug-likeness (QED) is 0.441. The maximum atomic E-state index is 12.9. The molecule has 2 aliphatic rings. The molecule has 1 aliphatic heterocycles. The average molecular weight is 486 g/mol. The first-order valence-corrected chi connectivity index (χ1v) is 12.9. The van der Waals surface area contributed by atoms with Gasteiger partial charge in [-0.2, -0.15) is 0 Å². The van der Waals surface area contributed by atoms with Crippen LogP contribution in [0, 0.1) is 0 Å². The highest BCUT2D eigenvalue weighted by Gasteiger charge is 2.32. The summed E-state index contributed by atoms with van der Waals surface area (Å²) in [5, 5.41) is 4.26. The normalized spacial score (nSPS) is 18.6. The standard InChI is InChI=1S/C25H31N3O3S2/c1-3-17-8-7-11-20-18(14-21-24(30)28(12-13-31-2)25(32)33-21)15-27(23(17)20)16-22(29)26-19-9-5-4-6-10-19/h7-8,11,14-15,19H,3-6,9-10,12-13,16H2,1-2H3,(H,26,29)/b21-14-. The van der Waals surface area contributed by atoms with Gasteiger partial charge in [0.05, 0.1) is 23.6 Å². The second-order valence-electron chi connectivity index (χ2n) is 8.61. The number of methoxy groups -OCH3 is 1. The molecule has 0 atom stereocenters. The molecule has 1 aliphatic carbocycles. The molecule has 4 rings (SSSR count). The fourth-order valence-corrected chi connectivity index (χ4v) is 5.98. The number of para-hydroxylation sites is 1. The number of aromatic nitrogens is 1. The van der Waals surface area contributed by atoms with Gasteiger partial charge in [0.2, 0.25) is 5.91 Å². The highest BCUT2D eigenvalue weighted by Crippen LogP contribution is 2.35. The van der Waals surface area contributed by atoms with Gasteiger partial charge in [-0.25, -0.2) is 0 Å². The van der Waals surface area contributed by atoms with E-state index in [1.54, 1.807) is 12.0 Å². The molecule has 8 heteroatoms. The van der Waals surface area contributed by atoms with Crippen LogP contribution >= 0.6 is 24.0 Å². The van der Waals surface area contributed by atoms with E-state index in [4.69, 9.17) is 17.0 Å². The number of rotatable bonds is 8.